The highest BCUT2D eigenvalue weighted by molar-refractivity contribution is 5.83. The summed E-state index contributed by atoms with van der Waals surface area (Å²) >= 11 is 0. The minimum absolute atomic E-state index is 0.0259. The maximum Gasteiger partial charge on any atom is 0.254 e. The highest BCUT2D eigenvalue weighted by atomic mass is 16.2. The summed E-state index contributed by atoms with van der Waals surface area (Å²) in [5.41, 5.74) is 4.94. The van der Waals surface area contributed by atoms with Crippen LogP contribution in [0.15, 0.2) is 29.4 Å². The molecule has 1 saturated heterocycles. The number of amides is 1. The van der Waals surface area contributed by atoms with E-state index in [1.807, 2.05) is 12.1 Å². The SMILES string of the molecule is CCc1ccc(C=NNC(=O)CN2CCCCCCC2)cc1. The minimum Gasteiger partial charge on any atom is -0.294 e. The molecule has 1 aromatic rings. The topological polar surface area (TPSA) is 44.7 Å². The van der Waals surface area contributed by atoms with Crippen LogP contribution in [-0.2, 0) is 11.2 Å². The molecular formula is C18H27N3O. The molecule has 0 unspecified atom stereocenters. The molecule has 1 amide bonds. The number of hydrogen-bond donors (Lipinski definition) is 1. The Labute approximate surface area is 133 Å². The number of hydrogen-bond acceptors (Lipinski definition) is 3. The summed E-state index contributed by atoms with van der Waals surface area (Å²) in [6, 6.07) is 8.21. The van der Waals surface area contributed by atoms with Crippen molar-refractivity contribution in [1.29, 1.82) is 0 Å². The summed E-state index contributed by atoms with van der Waals surface area (Å²) in [5, 5.41) is 4.05. The maximum atomic E-state index is 11.9. The Hall–Kier alpha value is -1.68. The fourth-order valence-electron chi connectivity index (χ4n) is 2.73. The molecule has 0 aliphatic carbocycles. The number of nitrogens with one attached hydrogen (secondary N) is 1. The van der Waals surface area contributed by atoms with Crippen LogP contribution in [0.4, 0.5) is 0 Å². The van der Waals surface area contributed by atoms with Crippen molar-refractivity contribution in [2.75, 3.05) is 19.6 Å². The summed E-state index contributed by atoms with van der Waals surface area (Å²) in [6.45, 7) is 4.63. The first-order valence-electron chi connectivity index (χ1n) is 8.41. The van der Waals surface area contributed by atoms with Crippen molar-refractivity contribution in [1.82, 2.24) is 10.3 Å². The van der Waals surface area contributed by atoms with Crippen LogP contribution in [0.3, 0.4) is 0 Å². The third kappa shape index (κ3) is 5.98. The van der Waals surface area contributed by atoms with Crippen molar-refractivity contribution < 1.29 is 4.79 Å². The van der Waals surface area contributed by atoms with Gasteiger partial charge in [0.05, 0.1) is 12.8 Å². The van der Waals surface area contributed by atoms with Crippen molar-refractivity contribution in [2.45, 2.75) is 45.4 Å². The molecule has 1 aliphatic heterocycles. The molecule has 120 valence electrons. The molecule has 22 heavy (non-hydrogen) atoms. The number of carbonyl (C=O) groups excluding carboxylic acids is 1. The van der Waals surface area contributed by atoms with E-state index >= 15 is 0 Å². The Kier molecular flexibility index (Phi) is 7.10. The van der Waals surface area contributed by atoms with Gasteiger partial charge in [-0.3, -0.25) is 9.69 Å². The van der Waals surface area contributed by atoms with E-state index < -0.39 is 0 Å². The highest BCUT2D eigenvalue weighted by Gasteiger charge is 2.11. The minimum atomic E-state index is -0.0259. The molecule has 0 atom stereocenters. The average molecular weight is 301 g/mol. The van der Waals surface area contributed by atoms with Crippen molar-refractivity contribution in [3.8, 4) is 0 Å². The van der Waals surface area contributed by atoms with Gasteiger partial charge in [-0.2, -0.15) is 5.10 Å². The zero-order valence-electron chi connectivity index (χ0n) is 13.6. The number of likely N-dealkylation sites (tertiary alicyclic amines) is 1. The first-order chi connectivity index (χ1) is 10.8. The second-order valence-electron chi connectivity index (χ2n) is 5.93. The third-order valence-electron chi connectivity index (χ3n) is 4.11. The summed E-state index contributed by atoms with van der Waals surface area (Å²) in [4.78, 5) is 14.2. The van der Waals surface area contributed by atoms with E-state index in [0.717, 1.165) is 25.1 Å². The van der Waals surface area contributed by atoms with Crippen LogP contribution in [0.2, 0.25) is 0 Å². The van der Waals surface area contributed by atoms with E-state index in [-0.39, 0.29) is 5.91 Å². The van der Waals surface area contributed by atoms with Crippen LogP contribution in [0.1, 0.15) is 50.2 Å². The molecule has 1 aliphatic rings. The zero-order chi connectivity index (χ0) is 15.6. The number of hydrazone groups is 1. The Morgan fingerprint density at radius 1 is 1.14 bits per heavy atom. The molecule has 1 heterocycles. The second-order valence-corrected chi connectivity index (χ2v) is 5.93. The van der Waals surface area contributed by atoms with Crippen LogP contribution in [0.25, 0.3) is 0 Å². The van der Waals surface area contributed by atoms with Gasteiger partial charge in [-0.25, -0.2) is 5.43 Å². The van der Waals surface area contributed by atoms with Crippen LogP contribution in [0, 0.1) is 0 Å². The van der Waals surface area contributed by atoms with Crippen molar-refractivity contribution >= 4 is 12.1 Å². The van der Waals surface area contributed by atoms with Gasteiger partial charge in [0.25, 0.3) is 5.91 Å². The monoisotopic (exact) mass is 301 g/mol. The number of aryl methyl sites for hydroxylation is 1. The predicted octanol–water partition coefficient (Wildman–Crippen LogP) is 2.97. The molecule has 0 spiro atoms. The van der Waals surface area contributed by atoms with E-state index in [0.29, 0.717) is 6.54 Å². The molecule has 1 N–H and O–H groups in total. The van der Waals surface area contributed by atoms with E-state index in [4.69, 9.17) is 0 Å². The Morgan fingerprint density at radius 2 is 1.77 bits per heavy atom. The van der Waals surface area contributed by atoms with Gasteiger partial charge in [-0.05, 0) is 43.5 Å². The van der Waals surface area contributed by atoms with Crippen molar-refractivity contribution in [3.63, 3.8) is 0 Å². The predicted molar refractivity (Wildman–Crippen MR) is 91.1 cm³/mol. The van der Waals surface area contributed by atoms with Crippen LogP contribution >= 0.6 is 0 Å². The normalized spacial score (nSPS) is 17.1. The Balaban J connectivity index is 1.74. The zero-order valence-corrected chi connectivity index (χ0v) is 13.6. The van der Waals surface area contributed by atoms with E-state index in [2.05, 4.69) is 34.5 Å². The molecule has 2 rings (SSSR count). The Morgan fingerprint density at radius 3 is 2.41 bits per heavy atom. The second kappa shape index (κ2) is 9.36. The van der Waals surface area contributed by atoms with Gasteiger partial charge in [0.1, 0.15) is 0 Å². The van der Waals surface area contributed by atoms with Gasteiger partial charge < -0.3 is 0 Å². The third-order valence-corrected chi connectivity index (χ3v) is 4.11. The van der Waals surface area contributed by atoms with Gasteiger partial charge in [-0.15, -0.1) is 0 Å². The number of nitrogens with zero attached hydrogens (tertiary/aromatic N) is 2. The summed E-state index contributed by atoms with van der Waals surface area (Å²) in [6.07, 6.45) is 9.02. The molecule has 0 saturated carbocycles. The maximum absolute atomic E-state index is 11.9. The molecule has 1 aromatic carbocycles. The average Bonchev–Trinajstić information content (AvgIpc) is 2.50. The lowest BCUT2D eigenvalue weighted by molar-refractivity contribution is -0.122. The van der Waals surface area contributed by atoms with Crippen molar-refractivity contribution in [2.24, 2.45) is 5.10 Å². The standard InChI is InChI=1S/C18H27N3O/c1-2-16-8-10-17(11-9-16)14-19-20-18(22)15-21-12-6-4-3-5-7-13-21/h8-11,14H,2-7,12-13,15H2,1H3,(H,20,22). The van der Waals surface area contributed by atoms with Gasteiger partial charge in [0, 0.05) is 0 Å². The fourth-order valence-corrected chi connectivity index (χ4v) is 2.73. The highest BCUT2D eigenvalue weighted by Crippen LogP contribution is 2.09. The number of carbonyl (C=O) groups is 1. The van der Waals surface area contributed by atoms with Crippen molar-refractivity contribution in [3.05, 3.63) is 35.4 Å². The van der Waals surface area contributed by atoms with E-state index in [1.54, 1.807) is 6.21 Å². The van der Waals surface area contributed by atoms with Crippen LogP contribution in [0.5, 0.6) is 0 Å². The molecule has 0 bridgehead atoms. The lowest BCUT2D eigenvalue weighted by Crippen LogP contribution is -2.37. The first-order valence-corrected chi connectivity index (χ1v) is 8.41. The molecule has 0 radical (unpaired) electrons. The summed E-state index contributed by atoms with van der Waals surface area (Å²) in [5.74, 6) is -0.0259. The van der Waals surface area contributed by atoms with E-state index in [9.17, 15) is 4.79 Å². The molecule has 4 nitrogen and oxygen atoms in total. The fraction of sp³-hybridized carbons (Fsp3) is 0.556. The largest absolute Gasteiger partial charge is 0.294 e. The summed E-state index contributed by atoms with van der Waals surface area (Å²) < 4.78 is 0. The molecule has 0 aromatic heterocycles. The smallest absolute Gasteiger partial charge is 0.254 e. The lowest BCUT2D eigenvalue weighted by atomic mass is 10.1. The molecule has 4 heteroatoms. The molecule has 1 fully saturated rings. The van der Waals surface area contributed by atoms with E-state index in [1.165, 1.54) is 37.7 Å². The van der Waals surface area contributed by atoms with Crippen LogP contribution in [-0.4, -0.2) is 36.7 Å². The lowest BCUT2D eigenvalue weighted by Gasteiger charge is -2.23. The van der Waals surface area contributed by atoms with Crippen LogP contribution < -0.4 is 5.43 Å². The number of rotatable bonds is 5. The molecular weight excluding hydrogens is 274 g/mol. The summed E-state index contributed by atoms with van der Waals surface area (Å²) in [7, 11) is 0. The van der Waals surface area contributed by atoms with Gasteiger partial charge in [-0.1, -0.05) is 50.5 Å². The first kappa shape index (κ1) is 16.7. The Bertz CT molecular complexity index is 474. The van der Waals surface area contributed by atoms with Gasteiger partial charge in [0.2, 0.25) is 0 Å². The number of benzene rings is 1. The van der Waals surface area contributed by atoms with Gasteiger partial charge in [0.15, 0.2) is 0 Å². The van der Waals surface area contributed by atoms with Gasteiger partial charge >= 0.3 is 0 Å². The quantitative estimate of drug-likeness (QED) is 0.671.